The van der Waals surface area contributed by atoms with E-state index in [1.165, 1.54) is 12.1 Å². The highest BCUT2D eigenvalue weighted by atomic mass is 19.4. The van der Waals surface area contributed by atoms with Gasteiger partial charge in [0.05, 0.1) is 17.6 Å². The first-order valence-corrected chi connectivity index (χ1v) is 9.65. The van der Waals surface area contributed by atoms with Gasteiger partial charge in [0, 0.05) is 11.1 Å². The molecule has 5 nitrogen and oxygen atoms in total. The maximum absolute atomic E-state index is 13.8. The number of aromatic nitrogens is 1. The van der Waals surface area contributed by atoms with Gasteiger partial charge in [0.2, 0.25) is 0 Å². The van der Waals surface area contributed by atoms with Crippen LogP contribution in [0.4, 0.5) is 18.9 Å². The van der Waals surface area contributed by atoms with Crippen molar-refractivity contribution in [1.82, 2.24) is 5.16 Å². The summed E-state index contributed by atoms with van der Waals surface area (Å²) >= 11 is 0. The molecule has 0 saturated heterocycles. The number of nitrogens with zero attached hydrogens (tertiary/aromatic N) is 1. The molecule has 160 valence electrons. The van der Waals surface area contributed by atoms with Crippen LogP contribution in [0.5, 0.6) is 0 Å². The van der Waals surface area contributed by atoms with Gasteiger partial charge in [0.15, 0.2) is 5.60 Å². The molecule has 0 amide bonds. The lowest BCUT2D eigenvalue weighted by atomic mass is 9.86. The third kappa shape index (κ3) is 4.48. The molecule has 3 rings (SSSR count). The third-order valence-corrected chi connectivity index (χ3v) is 5.25. The molecule has 0 saturated carbocycles. The fourth-order valence-electron chi connectivity index (χ4n) is 3.46. The van der Waals surface area contributed by atoms with Gasteiger partial charge in [0.1, 0.15) is 0 Å². The molecule has 1 heterocycles. The molecule has 2 unspecified atom stereocenters. The Kier molecular flexibility index (Phi) is 6.17. The number of rotatable bonds is 7. The van der Waals surface area contributed by atoms with E-state index in [4.69, 9.17) is 4.52 Å². The van der Waals surface area contributed by atoms with Crippen LogP contribution in [0.25, 0.3) is 10.8 Å². The average Bonchev–Trinajstić information content (AvgIpc) is 2.72. The van der Waals surface area contributed by atoms with Gasteiger partial charge < -0.3 is 14.9 Å². The molecular formula is C22H23F3N2O3. The molecule has 0 bridgehead atoms. The van der Waals surface area contributed by atoms with Crippen molar-refractivity contribution >= 4 is 16.5 Å². The van der Waals surface area contributed by atoms with E-state index in [-0.39, 0.29) is 0 Å². The Labute approximate surface area is 171 Å². The van der Waals surface area contributed by atoms with Crippen molar-refractivity contribution in [2.45, 2.75) is 44.4 Å². The Morgan fingerprint density at radius 1 is 1.13 bits per heavy atom. The van der Waals surface area contributed by atoms with Crippen LogP contribution in [-0.4, -0.2) is 28.6 Å². The first-order valence-electron chi connectivity index (χ1n) is 9.65. The third-order valence-electron chi connectivity index (χ3n) is 5.25. The van der Waals surface area contributed by atoms with Crippen molar-refractivity contribution in [3.63, 3.8) is 0 Å². The minimum absolute atomic E-state index is 0.302. The van der Waals surface area contributed by atoms with Crippen LogP contribution in [0.15, 0.2) is 57.8 Å². The van der Waals surface area contributed by atoms with E-state index in [0.717, 1.165) is 5.56 Å². The average molecular weight is 420 g/mol. The Balaban J connectivity index is 1.85. The Morgan fingerprint density at radius 2 is 1.83 bits per heavy atom. The van der Waals surface area contributed by atoms with E-state index in [9.17, 15) is 23.1 Å². The molecule has 0 fully saturated rings. The highest BCUT2D eigenvalue weighted by Crippen LogP contribution is 2.38. The number of alkyl halides is 3. The number of benzene rings is 2. The molecule has 0 radical (unpaired) electrons. The molecule has 2 aromatic carbocycles. The second kappa shape index (κ2) is 8.47. The van der Waals surface area contributed by atoms with Crippen molar-refractivity contribution < 1.29 is 22.8 Å². The van der Waals surface area contributed by atoms with E-state index in [2.05, 4.69) is 10.5 Å². The summed E-state index contributed by atoms with van der Waals surface area (Å²) in [6.45, 7) is 2.76. The predicted octanol–water partition coefficient (Wildman–Crippen LogP) is 4.65. The number of hydrogen-bond acceptors (Lipinski definition) is 5. The summed E-state index contributed by atoms with van der Waals surface area (Å²) in [5.41, 5.74) is -1.95. The summed E-state index contributed by atoms with van der Waals surface area (Å²) in [5.74, 6) is -0.503. The smallest absolute Gasteiger partial charge is 0.382 e. The summed E-state index contributed by atoms with van der Waals surface area (Å²) < 4.78 is 46.0. The molecule has 3 aromatic rings. The fourth-order valence-corrected chi connectivity index (χ4v) is 3.46. The fraction of sp³-hybridized carbons (Fsp3) is 0.364. The van der Waals surface area contributed by atoms with Crippen molar-refractivity contribution in [2.75, 3.05) is 11.9 Å². The molecule has 2 N–H and O–H groups in total. The summed E-state index contributed by atoms with van der Waals surface area (Å²) in [6.07, 6.45) is -4.83. The number of hydrogen-bond donors (Lipinski definition) is 2. The normalized spacial score (nSPS) is 15.0. The molecule has 0 aliphatic heterocycles. The van der Waals surface area contributed by atoms with Crippen LogP contribution in [0, 0.1) is 0 Å². The highest BCUT2D eigenvalue weighted by molar-refractivity contribution is 5.86. The largest absolute Gasteiger partial charge is 0.418 e. The molecule has 0 spiro atoms. The van der Waals surface area contributed by atoms with Gasteiger partial charge in [-0.05, 0) is 42.5 Å². The van der Waals surface area contributed by atoms with E-state index < -0.39 is 36.3 Å². The Bertz CT molecular complexity index is 1070. The van der Waals surface area contributed by atoms with Crippen LogP contribution < -0.4 is 10.9 Å². The lowest BCUT2D eigenvalue weighted by molar-refractivity contribution is -0.257. The minimum atomic E-state index is -4.82. The summed E-state index contributed by atoms with van der Waals surface area (Å²) in [6, 6.07) is 13.3. The first-order chi connectivity index (χ1) is 14.1. The van der Waals surface area contributed by atoms with Crippen LogP contribution in [-0.2, 0) is 6.42 Å². The summed E-state index contributed by atoms with van der Waals surface area (Å²) in [4.78, 5) is 11.8. The van der Waals surface area contributed by atoms with Crippen molar-refractivity contribution in [1.29, 1.82) is 0 Å². The minimum Gasteiger partial charge on any atom is -0.382 e. The van der Waals surface area contributed by atoms with Crippen molar-refractivity contribution in [3.05, 3.63) is 70.2 Å². The number of aryl methyl sites for hydroxylation is 1. The number of halogens is 3. The van der Waals surface area contributed by atoms with Gasteiger partial charge in [-0.2, -0.15) is 13.2 Å². The maximum Gasteiger partial charge on any atom is 0.418 e. The predicted molar refractivity (Wildman–Crippen MR) is 109 cm³/mol. The summed E-state index contributed by atoms with van der Waals surface area (Å²) in [7, 11) is 0. The van der Waals surface area contributed by atoms with Crippen LogP contribution in [0.1, 0.15) is 37.4 Å². The van der Waals surface area contributed by atoms with E-state index in [1.807, 2.05) is 6.92 Å². The monoisotopic (exact) mass is 420 g/mol. The van der Waals surface area contributed by atoms with Gasteiger partial charge in [0.25, 0.3) is 0 Å². The molecule has 1 aromatic heterocycles. The topological polar surface area (TPSA) is 75.4 Å². The van der Waals surface area contributed by atoms with Gasteiger partial charge in [-0.25, -0.2) is 4.79 Å². The standard InChI is InChI=1S/C22H23F3N2O3/c1-3-19-18-11-16(9-10-17(18)20(28)30-27-19)26-13-21(29,22(23,24)25)12-14(2)15-7-5-4-6-8-15/h4-11,14,26,29H,3,12-13H2,1-2H3. The maximum atomic E-state index is 13.8. The van der Waals surface area contributed by atoms with Crippen LogP contribution in [0.3, 0.4) is 0 Å². The lowest BCUT2D eigenvalue weighted by Gasteiger charge is -2.33. The quantitative estimate of drug-likeness (QED) is 0.582. The SMILES string of the molecule is CCc1noc(=O)c2ccc(NCC(O)(CC(C)c3ccccc3)C(F)(F)F)cc12. The Morgan fingerprint density at radius 3 is 2.47 bits per heavy atom. The number of fused-ring (bicyclic) bond motifs is 1. The molecule has 0 aliphatic carbocycles. The number of aliphatic hydroxyl groups is 1. The highest BCUT2D eigenvalue weighted by Gasteiger charge is 2.54. The van der Waals surface area contributed by atoms with Crippen molar-refractivity contribution in [3.8, 4) is 0 Å². The molecule has 8 heteroatoms. The molecule has 2 atom stereocenters. The number of nitrogens with one attached hydrogen (secondary N) is 1. The van der Waals surface area contributed by atoms with Crippen molar-refractivity contribution in [2.24, 2.45) is 0 Å². The van der Waals surface area contributed by atoms with Crippen LogP contribution >= 0.6 is 0 Å². The van der Waals surface area contributed by atoms with Gasteiger partial charge in [-0.15, -0.1) is 0 Å². The zero-order valence-electron chi connectivity index (χ0n) is 16.7. The molecule has 30 heavy (non-hydrogen) atoms. The molecular weight excluding hydrogens is 397 g/mol. The van der Waals surface area contributed by atoms with Crippen LogP contribution in [0.2, 0.25) is 0 Å². The second-order valence-electron chi connectivity index (χ2n) is 7.43. The van der Waals surface area contributed by atoms with E-state index in [0.29, 0.717) is 28.6 Å². The van der Waals surface area contributed by atoms with E-state index >= 15 is 0 Å². The van der Waals surface area contributed by atoms with Gasteiger partial charge in [-0.3, -0.25) is 0 Å². The van der Waals surface area contributed by atoms with E-state index in [1.54, 1.807) is 43.3 Å². The second-order valence-corrected chi connectivity index (χ2v) is 7.43. The van der Waals surface area contributed by atoms with Gasteiger partial charge >= 0.3 is 11.8 Å². The Hall–Kier alpha value is -2.87. The molecule has 0 aliphatic rings. The number of anilines is 1. The first kappa shape index (κ1) is 21.8. The zero-order valence-corrected chi connectivity index (χ0v) is 16.7. The van der Waals surface area contributed by atoms with Gasteiger partial charge in [-0.1, -0.05) is 49.3 Å². The summed E-state index contributed by atoms with van der Waals surface area (Å²) in [5, 5.41) is 17.8. The zero-order chi connectivity index (χ0) is 21.9. The lowest BCUT2D eigenvalue weighted by Crippen LogP contribution is -2.51.